The molecule has 3 unspecified atom stereocenters. The van der Waals surface area contributed by atoms with Gasteiger partial charge >= 0.3 is 0 Å². The van der Waals surface area contributed by atoms with E-state index in [9.17, 15) is 4.39 Å². The summed E-state index contributed by atoms with van der Waals surface area (Å²) in [5.74, 6) is 2.43. The van der Waals surface area contributed by atoms with Crippen molar-refractivity contribution in [1.29, 1.82) is 0 Å². The van der Waals surface area contributed by atoms with Crippen LogP contribution in [0.3, 0.4) is 0 Å². The van der Waals surface area contributed by atoms with Crippen LogP contribution in [-0.4, -0.2) is 6.54 Å². The quantitative estimate of drug-likeness (QED) is 0.869. The predicted octanol–water partition coefficient (Wildman–Crippen LogP) is 4.00. The van der Waals surface area contributed by atoms with Gasteiger partial charge in [0.05, 0.1) is 5.02 Å². The highest BCUT2D eigenvalue weighted by Crippen LogP contribution is 2.47. The van der Waals surface area contributed by atoms with E-state index >= 15 is 0 Å². The molecule has 1 N–H and O–H groups in total. The number of nitrogens with one attached hydrogen (secondary N) is 1. The molecule has 3 heteroatoms. The van der Waals surface area contributed by atoms with E-state index in [1.807, 2.05) is 0 Å². The first kappa shape index (κ1) is 12.4. The molecule has 3 atom stereocenters. The molecule has 2 bridgehead atoms. The van der Waals surface area contributed by atoms with Gasteiger partial charge in [-0.1, -0.05) is 30.2 Å². The third kappa shape index (κ3) is 2.41. The first-order valence-electron chi connectivity index (χ1n) is 6.87. The largest absolute Gasteiger partial charge is 0.312 e. The van der Waals surface area contributed by atoms with Crippen molar-refractivity contribution < 1.29 is 4.39 Å². The maximum atomic E-state index is 13.7. The highest BCUT2D eigenvalue weighted by atomic mass is 35.5. The summed E-state index contributed by atoms with van der Waals surface area (Å²) < 4.78 is 13.7. The number of hydrogen-bond acceptors (Lipinski definition) is 1. The lowest BCUT2D eigenvalue weighted by atomic mass is 9.89. The molecule has 0 aromatic heterocycles. The standard InChI is InChI=1S/C15H19ClFN/c16-14-3-1-2-12(15(14)17)8-18-9-13-7-10-4-5-11(13)6-10/h1-3,10-11,13,18H,4-9H2. The third-order valence-electron chi connectivity index (χ3n) is 4.64. The van der Waals surface area contributed by atoms with Crippen LogP contribution in [0, 0.1) is 23.6 Å². The molecule has 1 aromatic rings. The van der Waals surface area contributed by atoms with Gasteiger partial charge in [-0.05, 0) is 49.6 Å². The lowest BCUT2D eigenvalue weighted by molar-refractivity contribution is 0.318. The second-order valence-electron chi connectivity index (χ2n) is 5.78. The molecule has 0 heterocycles. The van der Waals surface area contributed by atoms with Gasteiger partial charge < -0.3 is 5.32 Å². The maximum absolute atomic E-state index is 13.7. The predicted molar refractivity (Wildman–Crippen MR) is 72.1 cm³/mol. The Balaban J connectivity index is 1.51. The van der Waals surface area contributed by atoms with Crippen molar-refractivity contribution in [3.05, 3.63) is 34.6 Å². The summed E-state index contributed by atoms with van der Waals surface area (Å²) >= 11 is 5.77. The number of halogens is 2. The first-order valence-corrected chi connectivity index (χ1v) is 7.25. The van der Waals surface area contributed by atoms with Crippen LogP contribution in [0.4, 0.5) is 4.39 Å². The Labute approximate surface area is 113 Å². The summed E-state index contributed by atoms with van der Waals surface area (Å²) in [4.78, 5) is 0. The number of benzene rings is 1. The van der Waals surface area contributed by atoms with E-state index in [0.29, 0.717) is 12.1 Å². The fraction of sp³-hybridized carbons (Fsp3) is 0.600. The zero-order chi connectivity index (χ0) is 12.5. The molecule has 0 spiro atoms. The first-order chi connectivity index (χ1) is 8.74. The topological polar surface area (TPSA) is 12.0 Å². The lowest BCUT2D eigenvalue weighted by Crippen LogP contribution is -2.26. The molecule has 0 radical (unpaired) electrons. The van der Waals surface area contributed by atoms with Crippen LogP contribution in [0.25, 0.3) is 0 Å². The van der Waals surface area contributed by atoms with Crippen molar-refractivity contribution in [2.24, 2.45) is 17.8 Å². The smallest absolute Gasteiger partial charge is 0.146 e. The van der Waals surface area contributed by atoms with Gasteiger partial charge in [0.1, 0.15) is 5.82 Å². The number of fused-ring (bicyclic) bond motifs is 2. The Morgan fingerprint density at radius 1 is 1.28 bits per heavy atom. The van der Waals surface area contributed by atoms with Crippen LogP contribution in [0.5, 0.6) is 0 Å². The summed E-state index contributed by atoms with van der Waals surface area (Å²) in [7, 11) is 0. The Morgan fingerprint density at radius 3 is 2.89 bits per heavy atom. The van der Waals surface area contributed by atoms with Crippen LogP contribution in [-0.2, 0) is 6.54 Å². The van der Waals surface area contributed by atoms with Gasteiger partial charge in [0.25, 0.3) is 0 Å². The van der Waals surface area contributed by atoms with Crippen LogP contribution >= 0.6 is 11.6 Å². The van der Waals surface area contributed by atoms with E-state index in [-0.39, 0.29) is 10.8 Å². The van der Waals surface area contributed by atoms with Crippen molar-refractivity contribution >= 4 is 11.6 Å². The molecule has 2 aliphatic rings. The van der Waals surface area contributed by atoms with Crippen molar-refractivity contribution in [2.75, 3.05) is 6.54 Å². The van der Waals surface area contributed by atoms with Crippen LogP contribution in [0.1, 0.15) is 31.2 Å². The molecular formula is C15H19ClFN. The normalized spacial score (nSPS) is 30.0. The van der Waals surface area contributed by atoms with Crippen LogP contribution < -0.4 is 5.32 Å². The van der Waals surface area contributed by atoms with Crippen molar-refractivity contribution in [3.8, 4) is 0 Å². The minimum atomic E-state index is -0.278. The molecular weight excluding hydrogens is 249 g/mol. The van der Waals surface area contributed by atoms with Gasteiger partial charge in [0.15, 0.2) is 0 Å². The highest BCUT2D eigenvalue weighted by Gasteiger charge is 2.38. The molecule has 0 aliphatic heterocycles. The maximum Gasteiger partial charge on any atom is 0.146 e. The molecule has 3 rings (SSSR count). The molecule has 18 heavy (non-hydrogen) atoms. The van der Waals surface area contributed by atoms with E-state index in [0.717, 1.165) is 24.3 Å². The van der Waals surface area contributed by atoms with Crippen molar-refractivity contribution in [1.82, 2.24) is 5.32 Å². The molecule has 1 nitrogen and oxygen atoms in total. The molecule has 2 saturated carbocycles. The Kier molecular flexibility index (Phi) is 3.58. The summed E-state index contributed by atoms with van der Waals surface area (Å²) in [5.41, 5.74) is 0.672. The summed E-state index contributed by atoms with van der Waals surface area (Å²) in [6.07, 6.45) is 5.64. The zero-order valence-corrected chi connectivity index (χ0v) is 11.2. The minimum absolute atomic E-state index is 0.217. The summed E-state index contributed by atoms with van der Waals surface area (Å²) in [6, 6.07) is 5.20. The van der Waals surface area contributed by atoms with Crippen LogP contribution in [0.15, 0.2) is 18.2 Å². The minimum Gasteiger partial charge on any atom is -0.312 e. The fourth-order valence-electron chi connectivity index (χ4n) is 3.70. The molecule has 0 amide bonds. The fourth-order valence-corrected chi connectivity index (χ4v) is 3.90. The molecule has 1 aromatic carbocycles. The van der Waals surface area contributed by atoms with Crippen molar-refractivity contribution in [2.45, 2.75) is 32.2 Å². The van der Waals surface area contributed by atoms with Gasteiger partial charge in [-0.25, -0.2) is 4.39 Å². The SMILES string of the molecule is Fc1c(Cl)cccc1CNCC1CC2CCC1C2. The van der Waals surface area contributed by atoms with Crippen LogP contribution in [0.2, 0.25) is 5.02 Å². The average Bonchev–Trinajstić information content (AvgIpc) is 2.97. The van der Waals surface area contributed by atoms with E-state index < -0.39 is 0 Å². The van der Waals surface area contributed by atoms with Gasteiger partial charge in [0.2, 0.25) is 0 Å². The van der Waals surface area contributed by atoms with E-state index in [1.165, 1.54) is 25.7 Å². The van der Waals surface area contributed by atoms with Gasteiger partial charge in [0, 0.05) is 12.1 Å². The monoisotopic (exact) mass is 267 g/mol. The summed E-state index contributed by atoms with van der Waals surface area (Å²) in [6.45, 7) is 1.60. The molecule has 98 valence electrons. The van der Waals surface area contributed by atoms with Crippen molar-refractivity contribution in [3.63, 3.8) is 0 Å². The van der Waals surface area contributed by atoms with E-state index in [2.05, 4.69) is 5.32 Å². The van der Waals surface area contributed by atoms with E-state index in [4.69, 9.17) is 11.6 Å². The number of hydrogen-bond donors (Lipinski definition) is 1. The summed E-state index contributed by atoms with van der Waals surface area (Å²) in [5, 5.41) is 3.61. The Bertz CT molecular complexity index is 435. The Hall–Kier alpha value is -0.600. The Morgan fingerprint density at radius 2 is 2.17 bits per heavy atom. The highest BCUT2D eigenvalue weighted by molar-refractivity contribution is 6.30. The molecule has 2 aliphatic carbocycles. The molecule has 2 fully saturated rings. The van der Waals surface area contributed by atoms with Gasteiger partial charge in [-0.15, -0.1) is 0 Å². The molecule has 0 saturated heterocycles. The lowest BCUT2D eigenvalue weighted by Gasteiger charge is -2.22. The van der Waals surface area contributed by atoms with Gasteiger partial charge in [-0.2, -0.15) is 0 Å². The second-order valence-corrected chi connectivity index (χ2v) is 6.19. The zero-order valence-electron chi connectivity index (χ0n) is 10.5. The second kappa shape index (κ2) is 5.18. The van der Waals surface area contributed by atoms with Gasteiger partial charge in [-0.3, -0.25) is 0 Å². The van der Waals surface area contributed by atoms with E-state index in [1.54, 1.807) is 18.2 Å². The third-order valence-corrected chi connectivity index (χ3v) is 4.93. The number of rotatable bonds is 4. The average molecular weight is 268 g/mol.